The number of benzene rings is 2. The van der Waals surface area contributed by atoms with Crippen molar-refractivity contribution in [3.8, 4) is 11.3 Å². The topological polar surface area (TPSA) is 85.8 Å². The van der Waals surface area contributed by atoms with Gasteiger partial charge in [0.05, 0.1) is 4.90 Å². The second kappa shape index (κ2) is 8.06. The van der Waals surface area contributed by atoms with E-state index in [1.165, 1.54) is 0 Å². The number of nitrogens with zero attached hydrogens (tertiary/aromatic N) is 1. The van der Waals surface area contributed by atoms with Crippen LogP contribution >= 0.6 is 11.6 Å². The molecule has 0 saturated carbocycles. The number of hydrogen-bond donors (Lipinski definition) is 2. The second-order valence-corrected chi connectivity index (χ2v) is 7.10. The highest BCUT2D eigenvalue weighted by Crippen LogP contribution is 2.20. The van der Waals surface area contributed by atoms with Gasteiger partial charge in [0.1, 0.15) is 5.69 Å². The van der Waals surface area contributed by atoms with Crippen LogP contribution in [0.2, 0.25) is 5.02 Å². The van der Waals surface area contributed by atoms with Crippen LogP contribution in [-0.4, -0.2) is 21.6 Å². The van der Waals surface area contributed by atoms with Gasteiger partial charge in [-0.15, -0.1) is 4.61 Å². The SMILES string of the molecule is N#S(=O)c1ccc(CCNC(=O)c2ccc(-c3ccc(Cl)cc3)[nH]2)cc1. The lowest BCUT2D eigenvalue weighted by Gasteiger charge is -2.04. The fourth-order valence-corrected chi connectivity index (χ4v) is 3.01. The Balaban J connectivity index is 1.56. The molecule has 0 aliphatic rings. The van der Waals surface area contributed by atoms with Gasteiger partial charge in [0.15, 0.2) is 10.4 Å². The van der Waals surface area contributed by atoms with Crippen LogP contribution < -0.4 is 5.32 Å². The van der Waals surface area contributed by atoms with E-state index in [2.05, 4.69) is 10.3 Å². The van der Waals surface area contributed by atoms with E-state index in [9.17, 15) is 9.00 Å². The van der Waals surface area contributed by atoms with E-state index in [-0.39, 0.29) is 5.91 Å². The van der Waals surface area contributed by atoms with Crippen LogP contribution in [0.3, 0.4) is 0 Å². The summed E-state index contributed by atoms with van der Waals surface area (Å²) in [5.41, 5.74) is 3.27. The Morgan fingerprint density at radius 1 is 1.04 bits per heavy atom. The standard InChI is InChI=1S/C19H16ClN3O2S/c20-15-5-3-14(4-6-15)17-9-10-18(23-17)19(24)22-12-11-13-1-7-16(8-2-13)26(21)25/h1-10,23H,11-12H2,(H,22,24). The van der Waals surface area contributed by atoms with Crippen molar-refractivity contribution < 1.29 is 9.00 Å². The highest BCUT2D eigenvalue weighted by atomic mass is 35.5. The molecule has 0 aliphatic carbocycles. The Bertz CT molecular complexity index is 1040. The lowest BCUT2D eigenvalue weighted by molar-refractivity contribution is 0.0950. The van der Waals surface area contributed by atoms with E-state index < -0.39 is 10.4 Å². The van der Waals surface area contributed by atoms with Gasteiger partial charge in [0.25, 0.3) is 5.91 Å². The Kier molecular flexibility index (Phi) is 5.58. The lowest BCUT2D eigenvalue weighted by atomic mass is 10.1. The minimum absolute atomic E-state index is 0.182. The van der Waals surface area contributed by atoms with Crippen LogP contribution in [0.1, 0.15) is 16.1 Å². The van der Waals surface area contributed by atoms with Gasteiger partial charge in [-0.05, 0) is 53.9 Å². The summed E-state index contributed by atoms with van der Waals surface area (Å²) in [5.74, 6) is -0.182. The van der Waals surface area contributed by atoms with E-state index in [4.69, 9.17) is 16.2 Å². The van der Waals surface area contributed by atoms with Crippen LogP contribution in [0.5, 0.6) is 0 Å². The average Bonchev–Trinajstić information content (AvgIpc) is 3.13. The minimum atomic E-state index is -1.97. The lowest BCUT2D eigenvalue weighted by Crippen LogP contribution is -2.25. The molecule has 2 aromatic carbocycles. The molecule has 1 amide bonds. The first-order valence-electron chi connectivity index (χ1n) is 7.96. The Labute approximate surface area is 158 Å². The number of hydrogen-bond acceptors (Lipinski definition) is 3. The van der Waals surface area contributed by atoms with Crippen molar-refractivity contribution in [3.63, 3.8) is 0 Å². The van der Waals surface area contributed by atoms with Gasteiger partial charge in [0.2, 0.25) is 0 Å². The monoisotopic (exact) mass is 385 g/mol. The molecule has 0 spiro atoms. The van der Waals surface area contributed by atoms with Crippen molar-refractivity contribution in [1.82, 2.24) is 10.3 Å². The smallest absolute Gasteiger partial charge is 0.267 e. The number of amides is 1. The number of carbonyl (C=O) groups excluding carboxylic acids is 1. The number of rotatable bonds is 5. The average molecular weight is 386 g/mol. The summed E-state index contributed by atoms with van der Waals surface area (Å²) in [5, 5.41) is 3.52. The van der Waals surface area contributed by atoms with Crippen molar-refractivity contribution in [1.29, 1.82) is 4.61 Å². The zero-order chi connectivity index (χ0) is 18.5. The van der Waals surface area contributed by atoms with Crippen LogP contribution in [0.25, 0.3) is 11.3 Å². The van der Waals surface area contributed by atoms with E-state index in [0.717, 1.165) is 16.8 Å². The molecule has 0 aliphatic heterocycles. The van der Waals surface area contributed by atoms with E-state index in [0.29, 0.717) is 28.6 Å². The molecule has 0 atom stereocenters. The first kappa shape index (κ1) is 18.0. The first-order valence-corrected chi connectivity index (χ1v) is 9.44. The predicted molar refractivity (Wildman–Crippen MR) is 102 cm³/mol. The van der Waals surface area contributed by atoms with Gasteiger partial charge in [-0.25, -0.2) is 0 Å². The maximum absolute atomic E-state index is 12.2. The molecule has 3 rings (SSSR count). The van der Waals surface area contributed by atoms with Crippen molar-refractivity contribution in [2.45, 2.75) is 11.3 Å². The predicted octanol–water partition coefficient (Wildman–Crippen LogP) is 3.89. The second-order valence-electron chi connectivity index (χ2n) is 5.69. The molecular formula is C19H16ClN3O2S. The van der Waals surface area contributed by atoms with Crippen molar-refractivity contribution in [2.24, 2.45) is 0 Å². The molecule has 0 fully saturated rings. The Morgan fingerprint density at radius 2 is 1.73 bits per heavy atom. The van der Waals surface area contributed by atoms with Crippen LogP contribution in [0.15, 0.2) is 65.6 Å². The number of halogens is 1. The van der Waals surface area contributed by atoms with Gasteiger partial charge in [-0.2, -0.15) is 4.21 Å². The molecule has 0 radical (unpaired) electrons. The third kappa shape index (κ3) is 4.43. The Morgan fingerprint density at radius 3 is 2.38 bits per heavy atom. The fourth-order valence-electron chi connectivity index (χ4n) is 2.51. The molecule has 3 aromatic rings. The normalized spacial score (nSPS) is 10.5. The maximum atomic E-state index is 12.2. The molecule has 1 aromatic heterocycles. The zero-order valence-corrected chi connectivity index (χ0v) is 15.3. The summed E-state index contributed by atoms with van der Waals surface area (Å²) in [6.07, 6.45) is 0.634. The molecular weight excluding hydrogens is 370 g/mol. The van der Waals surface area contributed by atoms with Crippen molar-refractivity contribution >= 4 is 27.9 Å². The summed E-state index contributed by atoms with van der Waals surface area (Å²) < 4.78 is 19.9. The molecule has 26 heavy (non-hydrogen) atoms. The Hall–Kier alpha value is -2.79. The number of aromatic amines is 1. The summed E-state index contributed by atoms with van der Waals surface area (Å²) in [4.78, 5) is 15.7. The van der Waals surface area contributed by atoms with Crippen LogP contribution in [0.4, 0.5) is 0 Å². The molecule has 1 heterocycles. The molecule has 0 bridgehead atoms. The highest BCUT2D eigenvalue weighted by Gasteiger charge is 2.09. The molecule has 5 nitrogen and oxygen atoms in total. The van der Waals surface area contributed by atoms with Gasteiger partial charge in [-0.3, -0.25) is 4.79 Å². The van der Waals surface area contributed by atoms with Crippen LogP contribution in [-0.2, 0) is 16.8 Å². The van der Waals surface area contributed by atoms with Crippen LogP contribution in [0, 0.1) is 4.61 Å². The molecule has 0 unspecified atom stereocenters. The summed E-state index contributed by atoms with van der Waals surface area (Å²) >= 11 is 5.88. The van der Waals surface area contributed by atoms with E-state index >= 15 is 0 Å². The van der Waals surface area contributed by atoms with Gasteiger partial charge in [0, 0.05) is 17.3 Å². The zero-order valence-electron chi connectivity index (χ0n) is 13.7. The van der Waals surface area contributed by atoms with E-state index in [1.807, 2.05) is 18.2 Å². The third-order valence-corrected chi connectivity index (χ3v) is 4.84. The summed E-state index contributed by atoms with van der Waals surface area (Å²) in [6.45, 7) is 0.468. The van der Waals surface area contributed by atoms with Crippen molar-refractivity contribution in [2.75, 3.05) is 6.54 Å². The molecule has 132 valence electrons. The third-order valence-electron chi connectivity index (χ3n) is 3.91. The number of carbonyl (C=O) groups is 1. The first-order chi connectivity index (χ1) is 12.5. The van der Waals surface area contributed by atoms with Gasteiger partial charge >= 0.3 is 0 Å². The largest absolute Gasteiger partial charge is 0.351 e. The number of H-pyrrole nitrogens is 1. The number of aromatic nitrogens is 1. The molecule has 2 N–H and O–H groups in total. The fraction of sp³-hybridized carbons (Fsp3) is 0.105. The quantitative estimate of drug-likeness (QED) is 0.698. The minimum Gasteiger partial charge on any atom is -0.351 e. The molecule has 0 saturated heterocycles. The number of nitrogens with one attached hydrogen (secondary N) is 2. The highest BCUT2D eigenvalue weighted by molar-refractivity contribution is 7.71. The molecule has 7 heteroatoms. The van der Waals surface area contributed by atoms with E-state index in [1.54, 1.807) is 42.5 Å². The summed E-state index contributed by atoms with van der Waals surface area (Å²) in [6, 6.07) is 17.7. The van der Waals surface area contributed by atoms with Crippen molar-refractivity contribution in [3.05, 3.63) is 76.9 Å². The maximum Gasteiger partial charge on any atom is 0.267 e. The summed E-state index contributed by atoms with van der Waals surface area (Å²) in [7, 11) is -1.97. The van der Waals surface area contributed by atoms with Gasteiger partial charge < -0.3 is 10.3 Å². The van der Waals surface area contributed by atoms with Gasteiger partial charge in [-0.1, -0.05) is 35.9 Å².